The summed E-state index contributed by atoms with van der Waals surface area (Å²) in [6.45, 7) is 45.9. The molecule has 412 valence electrons. The summed E-state index contributed by atoms with van der Waals surface area (Å²) >= 11 is 0. The minimum Gasteiger partial charge on any atom is -0.310 e. The molecule has 2 aromatic heterocycles. The van der Waals surface area contributed by atoms with Crippen LogP contribution < -0.4 is 0 Å². The third kappa shape index (κ3) is 8.95. The van der Waals surface area contributed by atoms with Crippen LogP contribution in [-0.4, -0.2) is 9.13 Å². The lowest BCUT2D eigenvalue weighted by molar-refractivity contribution is 1.16. The highest BCUT2D eigenvalue weighted by Crippen LogP contribution is 2.51. The van der Waals surface area contributed by atoms with Crippen molar-refractivity contribution in [1.82, 2.24) is 9.13 Å². The molecular formula is C81H68N4. The molecule has 0 unspecified atom stereocenters. The van der Waals surface area contributed by atoms with Crippen molar-refractivity contribution in [3.05, 3.63) is 271 Å². The van der Waals surface area contributed by atoms with Gasteiger partial charge in [-0.25, -0.2) is 9.69 Å². The fraction of sp³-hybridized carbons (Fsp3) is 0.160. The van der Waals surface area contributed by atoms with Gasteiger partial charge >= 0.3 is 0 Å². The second-order valence-electron chi connectivity index (χ2n) is 24.3. The monoisotopic (exact) mass is 1100 g/mol. The Hall–Kier alpha value is -10.0. The van der Waals surface area contributed by atoms with E-state index in [-0.39, 0.29) is 0 Å². The van der Waals surface area contributed by atoms with Crippen molar-refractivity contribution in [2.24, 2.45) is 0 Å². The van der Waals surface area contributed by atoms with Gasteiger partial charge in [0.05, 0.1) is 40.9 Å². The quantitative estimate of drug-likeness (QED) is 0.135. The Morgan fingerprint density at radius 1 is 0.271 bits per heavy atom. The first kappa shape index (κ1) is 54.3. The van der Waals surface area contributed by atoms with Crippen LogP contribution in [0.1, 0.15) is 72.3 Å². The largest absolute Gasteiger partial charge is 0.310 e. The van der Waals surface area contributed by atoms with Gasteiger partial charge in [-0.2, -0.15) is 0 Å². The molecule has 13 rings (SSSR count). The summed E-state index contributed by atoms with van der Waals surface area (Å²) in [6.07, 6.45) is 0. The Labute approximate surface area is 500 Å². The molecular weight excluding hydrogens is 1030 g/mol. The van der Waals surface area contributed by atoms with Crippen LogP contribution in [-0.2, 0) is 0 Å². The normalized spacial score (nSPS) is 11.6. The van der Waals surface area contributed by atoms with Gasteiger partial charge < -0.3 is 9.13 Å². The molecule has 0 aliphatic rings. The Balaban J connectivity index is 1.16. The van der Waals surface area contributed by atoms with Gasteiger partial charge in [-0.15, -0.1) is 0 Å². The third-order valence-corrected chi connectivity index (χ3v) is 17.9. The van der Waals surface area contributed by atoms with Gasteiger partial charge in [-0.1, -0.05) is 143 Å². The van der Waals surface area contributed by atoms with Crippen LogP contribution in [0, 0.1) is 103 Å². The number of nitrogens with zero attached hydrogens (tertiary/aromatic N) is 4. The molecule has 0 bridgehead atoms. The zero-order chi connectivity index (χ0) is 59.4. The predicted molar refractivity (Wildman–Crippen MR) is 362 cm³/mol. The van der Waals surface area contributed by atoms with Gasteiger partial charge in [0, 0.05) is 38.4 Å². The van der Waals surface area contributed by atoms with E-state index >= 15 is 0 Å². The number of fused-ring (bicyclic) bond motifs is 6. The summed E-state index contributed by atoms with van der Waals surface area (Å²) in [5.74, 6) is 0. The first-order chi connectivity index (χ1) is 40.9. The van der Waals surface area contributed by atoms with E-state index < -0.39 is 0 Å². The zero-order valence-electron chi connectivity index (χ0n) is 51.0. The minimum absolute atomic E-state index is 0.544. The maximum atomic E-state index is 9.20. The van der Waals surface area contributed by atoms with E-state index in [9.17, 15) is 6.57 Å². The fourth-order valence-electron chi connectivity index (χ4n) is 15.0. The van der Waals surface area contributed by atoms with Crippen LogP contribution in [0.3, 0.4) is 0 Å². The van der Waals surface area contributed by atoms with Crippen molar-refractivity contribution in [1.29, 1.82) is 0 Å². The Morgan fingerprint density at radius 3 is 0.918 bits per heavy atom. The summed E-state index contributed by atoms with van der Waals surface area (Å²) in [7, 11) is 0. The molecule has 0 saturated carbocycles. The highest BCUT2D eigenvalue weighted by molar-refractivity contribution is 6.15. The molecule has 0 spiro atoms. The molecule has 0 atom stereocenters. The summed E-state index contributed by atoms with van der Waals surface area (Å²) < 4.78 is 4.88. The lowest BCUT2D eigenvalue weighted by atomic mass is 9.88. The van der Waals surface area contributed by atoms with Crippen molar-refractivity contribution >= 4 is 55.0 Å². The van der Waals surface area contributed by atoms with Crippen molar-refractivity contribution in [2.75, 3.05) is 0 Å². The summed E-state index contributed by atoms with van der Waals surface area (Å²) in [4.78, 5) is 8.37. The Morgan fingerprint density at radius 2 is 0.600 bits per heavy atom. The molecule has 85 heavy (non-hydrogen) atoms. The van der Waals surface area contributed by atoms with Crippen LogP contribution in [0.25, 0.3) is 131 Å². The van der Waals surface area contributed by atoms with Gasteiger partial charge in [0.25, 0.3) is 0 Å². The Bertz CT molecular complexity index is 4790. The van der Waals surface area contributed by atoms with Crippen molar-refractivity contribution in [3.63, 3.8) is 0 Å². The van der Waals surface area contributed by atoms with Gasteiger partial charge in [0.1, 0.15) is 0 Å². The number of aryl methyl sites for hydroxylation is 13. The van der Waals surface area contributed by atoms with Gasteiger partial charge in [-0.05, 0) is 251 Å². The summed E-state index contributed by atoms with van der Waals surface area (Å²) in [5, 5.41) is 4.58. The molecule has 13 aromatic rings. The summed E-state index contributed by atoms with van der Waals surface area (Å²) in [6, 6.07) is 65.3. The zero-order valence-corrected chi connectivity index (χ0v) is 51.0. The molecule has 2 heterocycles. The van der Waals surface area contributed by atoms with Crippen LogP contribution in [0.4, 0.5) is 11.4 Å². The number of hydrogen-bond acceptors (Lipinski definition) is 0. The van der Waals surface area contributed by atoms with Crippen molar-refractivity contribution in [2.45, 2.75) is 90.0 Å². The highest BCUT2D eigenvalue weighted by Gasteiger charge is 2.27. The minimum atomic E-state index is 0.544. The van der Waals surface area contributed by atoms with E-state index in [0.29, 0.717) is 11.4 Å². The maximum Gasteiger partial charge on any atom is 0.197 e. The van der Waals surface area contributed by atoms with Crippen LogP contribution in [0.15, 0.2) is 176 Å². The molecule has 0 radical (unpaired) electrons. The van der Waals surface area contributed by atoms with E-state index in [0.717, 1.165) is 82.8 Å². The van der Waals surface area contributed by atoms with Gasteiger partial charge in [0.15, 0.2) is 11.4 Å². The lowest BCUT2D eigenvalue weighted by Crippen LogP contribution is -2.04. The first-order valence-corrected chi connectivity index (χ1v) is 29.5. The fourth-order valence-corrected chi connectivity index (χ4v) is 15.0. The Kier molecular flexibility index (Phi) is 13.2. The molecule has 0 saturated heterocycles. The van der Waals surface area contributed by atoms with Crippen LogP contribution >= 0.6 is 0 Å². The van der Waals surface area contributed by atoms with E-state index in [1.54, 1.807) is 0 Å². The second-order valence-corrected chi connectivity index (χ2v) is 24.3. The average molecular weight is 1100 g/mol. The van der Waals surface area contributed by atoms with E-state index in [4.69, 9.17) is 6.57 Å². The van der Waals surface area contributed by atoms with Crippen molar-refractivity contribution in [3.8, 4) is 78.1 Å². The SMILES string of the molecule is [C-]#[N+]c1ccc(-c2cccc(-n3c4ccc(-c5c(C)cc(C)cc5C)cc4c4cc(-c5c(C)cc(C)cc5C)ccc43)c2-c2c([N+]#[C-])cccc2-n2c3ccc(-c4c(C)cc(C)cc4C)cc3c3cc(-c4c(C)cc(C)cc4C)ccc32)c(C)c1. The number of aromatic nitrogens is 2. The summed E-state index contributed by atoms with van der Waals surface area (Å²) in [5.41, 5.74) is 36.7. The molecule has 4 nitrogen and oxygen atoms in total. The van der Waals surface area contributed by atoms with E-state index in [1.165, 1.54) is 111 Å². The maximum absolute atomic E-state index is 9.20. The lowest BCUT2D eigenvalue weighted by Gasteiger charge is -2.23. The second kappa shape index (κ2) is 20.7. The van der Waals surface area contributed by atoms with Gasteiger partial charge in [0.2, 0.25) is 0 Å². The molecule has 0 aliphatic carbocycles. The van der Waals surface area contributed by atoms with E-state index in [2.05, 4.69) is 267 Å². The third-order valence-electron chi connectivity index (χ3n) is 17.9. The molecule has 0 aliphatic heterocycles. The molecule has 4 heteroatoms. The van der Waals surface area contributed by atoms with Crippen LogP contribution in [0.5, 0.6) is 0 Å². The topological polar surface area (TPSA) is 18.6 Å². The highest BCUT2D eigenvalue weighted by atomic mass is 15.0. The molecule has 11 aromatic carbocycles. The molecule has 0 fully saturated rings. The number of benzene rings is 11. The molecule has 0 amide bonds. The molecule has 0 N–H and O–H groups in total. The first-order valence-electron chi connectivity index (χ1n) is 29.5. The predicted octanol–water partition coefficient (Wildman–Crippen LogP) is 23.0. The number of rotatable bonds is 8. The smallest absolute Gasteiger partial charge is 0.197 e. The van der Waals surface area contributed by atoms with Gasteiger partial charge in [-0.3, -0.25) is 0 Å². The number of hydrogen-bond donors (Lipinski definition) is 0. The average Bonchev–Trinajstić information content (AvgIpc) is 1.78. The van der Waals surface area contributed by atoms with Crippen molar-refractivity contribution < 1.29 is 0 Å². The standard InChI is InChI=1S/C81H68N4/c1-45-32-50(6)76(51(7)33-45)58-22-28-70-65(41-58)66-42-59(77-52(8)34-46(2)35-53(77)9)23-29-71(66)84(70)74-20-16-18-64(63-27-26-62(82-14)40-49(63)5)80(74)81-69(83-15)19-17-21-75(81)85-72-30-24-60(78-54(10)36-47(3)37-55(78)11)43-67(72)68-44-61(25-31-73(68)85)79-56(12)38-48(4)39-57(79)13/h16-44H,1-13H3. The van der Waals surface area contributed by atoms with E-state index in [1.807, 2.05) is 18.2 Å². The van der Waals surface area contributed by atoms with Crippen LogP contribution in [0.2, 0.25) is 0 Å².